The monoisotopic (exact) mass is 349 g/mol. The number of aromatic nitrogens is 2. The molecule has 0 aliphatic carbocycles. The molecule has 0 spiro atoms. The first-order valence-electron chi connectivity index (χ1n) is 6.41. The van der Waals surface area contributed by atoms with E-state index in [9.17, 15) is 13.2 Å². The first-order chi connectivity index (χ1) is 10.3. The van der Waals surface area contributed by atoms with Crippen molar-refractivity contribution >= 4 is 33.9 Å². The van der Waals surface area contributed by atoms with E-state index in [4.69, 9.17) is 0 Å². The van der Waals surface area contributed by atoms with E-state index < -0.39 is 6.36 Å². The van der Waals surface area contributed by atoms with Gasteiger partial charge in [-0.05, 0) is 30.2 Å². The van der Waals surface area contributed by atoms with Gasteiger partial charge in [0.2, 0.25) is 5.13 Å². The van der Waals surface area contributed by atoms with Crippen molar-refractivity contribution in [3.8, 4) is 5.75 Å². The van der Waals surface area contributed by atoms with Crippen molar-refractivity contribution in [3.05, 3.63) is 24.3 Å². The van der Waals surface area contributed by atoms with E-state index in [2.05, 4.69) is 34.1 Å². The van der Waals surface area contributed by atoms with Crippen molar-refractivity contribution in [3.63, 3.8) is 0 Å². The Bertz CT molecular complexity index is 599. The van der Waals surface area contributed by atoms with Crippen LogP contribution in [0.1, 0.15) is 13.8 Å². The summed E-state index contributed by atoms with van der Waals surface area (Å²) >= 11 is 3.03. The summed E-state index contributed by atoms with van der Waals surface area (Å²) in [7, 11) is 0. The number of ether oxygens (including phenoxy) is 1. The topological polar surface area (TPSA) is 47.0 Å². The quantitative estimate of drug-likeness (QED) is 0.750. The Kier molecular flexibility index (Phi) is 5.52. The molecule has 0 bridgehead atoms. The zero-order valence-corrected chi connectivity index (χ0v) is 13.5. The number of alkyl halides is 3. The maximum Gasteiger partial charge on any atom is 0.573 e. The number of hydrogen-bond donors (Lipinski definition) is 1. The first kappa shape index (κ1) is 16.9. The number of nitrogens with zero attached hydrogens (tertiary/aromatic N) is 2. The van der Waals surface area contributed by atoms with E-state index in [-0.39, 0.29) is 5.75 Å². The minimum atomic E-state index is -4.68. The maximum atomic E-state index is 12.1. The highest BCUT2D eigenvalue weighted by atomic mass is 32.2. The molecule has 0 aliphatic heterocycles. The van der Waals surface area contributed by atoms with Crippen molar-refractivity contribution in [2.24, 2.45) is 5.92 Å². The maximum absolute atomic E-state index is 12.1. The largest absolute Gasteiger partial charge is 0.573 e. The summed E-state index contributed by atoms with van der Waals surface area (Å²) in [5.74, 6) is 1.26. The molecule has 1 aromatic heterocycles. The number of anilines is 2. The second kappa shape index (κ2) is 7.19. The van der Waals surface area contributed by atoms with Gasteiger partial charge >= 0.3 is 6.36 Å². The summed E-state index contributed by atoms with van der Waals surface area (Å²) in [4.78, 5) is 0. The lowest BCUT2D eigenvalue weighted by atomic mass is 10.3. The highest BCUT2D eigenvalue weighted by Crippen LogP contribution is 2.30. The molecule has 2 aromatic rings. The van der Waals surface area contributed by atoms with E-state index in [1.165, 1.54) is 35.6 Å². The summed E-state index contributed by atoms with van der Waals surface area (Å²) in [5, 5.41) is 11.6. The second-order valence-electron chi connectivity index (χ2n) is 4.78. The predicted molar refractivity (Wildman–Crippen MR) is 81.9 cm³/mol. The van der Waals surface area contributed by atoms with Crippen molar-refractivity contribution < 1.29 is 17.9 Å². The average molecular weight is 349 g/mol. The number of benzene rings is 1. The molecule has 0 atom stereocenters. The second-order valence-corrected chi connectivity index (χ2v) is 7.02. The Morgan fingerprint density at radius 3 is 2.50 bits per heavy atom. The SMILES string of the molecule is CC(C)CSc1nnc(Nc2ccc(OC(F)(F)F)cc2)s1. The van der Waals surface area contributed by atoms with Crippen LogP contribution in [0.15, 0.2) is 28.6 Å². The molecule has 1 aromatic carbocycles. The molecule has 0 saturated heterocycles. The van der Waals surface area contributed by atoms with Crippen molar-refractivity contribution in [2.45, 2.75) is 24.5 Å². The summed E-state index contributed by atoms with van der Waals surface area (Å²) in [6, 6.07) is 5.46. The lowest BCUT2D eigenvalue weighted by molar-refractivity contribution is -0.274. The average Bonchev–Trinajstić information content (AvgIpc) is 2.85. The van der Waals surface area contributed by atoms with Gasteiger partial charge in [0.05, 0.1) is 0 Å². The number of nitrogens with one attached hydrogen (secondary N) is 1. The molecule has 0 aliphatic rings. The number of thioether (sulfide) groups is 1. The van der Waals surface area contributed by atoms with Crippen LogP contribution in [0.5, 0.6) is 5.75 Å². The smallest absolute Gasteiger partial charge is 0.406 e. The Hall–Kier alpha value is -1.48. The highest BCUT2D eigenvalue weighted by Gasteiger charge is 2.30. The summed E-state index contributed by atoms with van der Waals surface area (Å²) in [6.45, 7) is 4.25. The summed E-state index contributed by atoms with van der Waals surface area (Å²) < 4.78 is 40.9. The Labute approximate surface area is 134 Å². The fourth-order valence-electron chi connectivity index (χ4n) is 1.42. The van der Waals surface area contributed by atoms with Crippen LogP contribution in [0.2, 0.25) is 0 Å². The molecule has 4 nitrogen and oxygen atoms in total. The minimum absolute atomic E-state index is 0.261. The molecule has 0 amide bonds. The molecular weight excluding hydrogens is 335 g/mol. The third-order valence-corrected chi connectivity index (χ3v) is 4.68. The van der Waals surface area contributed by atoms with Gasteiger partial charge in [0.25, 0.3) is 0 Å². The lowest BCUT2D eigenvalue weighted by Gasteiger charge is -2.09. The van der Waals surface area contributed by atoms with Gasteiger partial charge < -0.3 is 10.1 Å². The molecule has 0 saturated carbocycles. The number of hydrogen-bond acceptors (Lipinski definition) is 6. The molecule has 2 rings (SSSR count). The molecule has 0 radical (unpaired) electrons. The van der Waals surface area contributed by atoms with Crippen LogP contribution < -0.4 is 10.1 Å². The highest BCUT2D eigenvalue weighted by molar-refractivity contribution is 8.01. The van der Waals surface area contributed by atoms with E-state index >= 15 is 0 Å². The molecule has 22 heavy (non-hydrogen) atoms. The summed E-state index contributed by atoms with van der Waals surface area (Å²) in [5.41, 5.74) is 0.617. The lowest BCUT2D eigenvalue weighted by Crippen LogP contribution is -2.16. The van der Waals surface area contributed by atoms with Crippen LogP contribution in [0, 0.1) is 5.92 Å². The standard InChI is InChI=1S/C13H14F3N3OS2/c1-8(2)7-21-12-19-18-11(22-12)17-9-3-5-10(6-4-9)20-13(14,15)16/h3-6,8H,7H2,1-2H3,(H,17,18). The Morgan fingerprint density at radius 2 is 1.91 bits per heavy atom. The Balaban J connectivity index is 1.93. The number of rotatable bonds is 6. The fourth-order valence-corrected chi connectivity index (χ4v) is 3.17. The number of halogens is 3. The zero-order chi connectivity index (χ0) is 16.2. The van der Waals surface area contributed by atoms with E-state index in [1.807, 2.05) is 0 Å². The van der Waals surface area contributed by atoms with Gasteiger partial charge in [-0.1, -0.05) is 36.9 Å². The Morgan fingerprint density at radius 1 is 1.23 bits per heavy atom. The van der Waals surface area contributed by atoms with Gasteiger partial charge in [-0.2, -0.15) is 0 Å². The predicted octanol–water partition coefficient (Wildman–Crippen LogP) is 4.93. The fraction of sp³-hybridized carbons (Fsp3) is 0.385. The zero-order valence-electron chi connectivity index (χ0n) is 11.8. The molecular formula is C13H14F3N3OS2. The molecule has 0 fully saturated rings. The van der Waals surface area contributed by atoms with Gasteiger partial charge in [0, 0.05) is 11.4 Å². The summed E-state index contributed by atoms with van der Waals surface area (Å²) in [6.07, 6.45) is -4.68. The van der Waals surface area contributed by atoms with Gasteiger partial charge in [-0.3, -0.25) is 0 Å². The van der Waals surface area contributed by atoms with Crippen molar-refractivity contribution in [2.75, 3.05) is 11.1 Å². The van der Waals surface area contributed by atoms with E-state index in [0.29, 0.717) is 16.7 Å². The molecule has 0 unspecified atom stereocenters. The van der Waals surface area contributed by atoms with Gasteiger partial charge in [-0.25, -0.2) is 0 Å². The van der Waals surface area contributed by atoms with Gasteiger partial charge in [0.1, 0.15) is 5.75 Å². The van der Waals surface area contributed by atoms with Gasteiger partial charge in [0.15, 0.2) is 4.34 Å². The van der Waals surface area contributed by atoms with Gasteiger partial charge in [-0.15, -0.1) is 23.4 Å². The van der Waals surface area contributed by atoms with Crippen LogP contribution in [-0.2, 0) is 0 Å². The third kappa shape index (κ3) is 5.72. The first-order valence-corrected chi connectivity index (χ1v) is 8.21. The van der Waals surface area contributed by atoms with Crippen LogP contribution in [0.4, 0.5) is 24.0 Å². The van der Waals surface area contributed by atoms with E-state index in [0.717, 1.165) is 10.1 Å². The molecule has 1 N–H and O–H groups in total. The minimum Gasteiger partial charge on any atom is -0.406 e. The molecule has 9 heteroatoms. The molecule has 120 valence electrons. The van der Waals surface area contributed by atoms with Crippen LogP contribution in [-0.4, -0.2) is 22.3 Å². The van der Waals surface area contributed by atoms with Crippen LogP contribution in [0.25, 0.3) is 0 Å². The van der Waals surface area contributed by atoms with Crippen LogP contribution >= 0.6 is 23.1 Å². The third-order valence-electron chi connectivity index (χ3n) is 2.29. The normalized spacial score (nSPS) is 11.7. The van der Waals surface area contributed by atoms with E-state index in [1.54, 1.807) is 11.8 Å². The van der Waals surface area contributed by atoms with Crippen molar-refractivity contribution in [1.82, 2.24) is 10.2 Å². The van der Waals surface area contributed by atoms with Crippen LogP contribution in [0.3, 0.4) is 0 Å². The van der Waals surface area contributed by atoms with Crippen molar-refractivity contribution in [1.29, 1.82) is 0 Å². The molecule has 1 heterocycles.